The maximum absolute atomic E-state index is 10.0. The predicted molar refractivity (Wildman–Crippen MR) is 565 cm³/mol. The molecule has 18 rings (SSSR count). The fourth-order valence-corrected chi connectivity index (χ4v) is 15.3. The Kier molecular flexibility index (Phi) is 49.2. The Morgan fingerprint density at radius 2 is 0.608 bits per heavy atom. The number of ether oxygens (including phenoxy) is 3. The van der Waals surface area contributed by atoms with Crippen molar-refractivity contribution in [3.8, 4) is 73.7 Å². The molecule has 0 atom stereocenters. The van der Waals surface area contributed by atoms with Crippen molar-refractivity contribution in [2.45, 2.75) is 88.4 Å². The van der Waals surface area contributed by atoms with Crippen LogP contribution in [0.2, 0.25) is 0 Å². The van der Waals surface area contributed by atoms with Gasteiger partial charge in [-0.05, 0) is 210 Å². The molecular weight excluding hydrogens is 2580 g/mol. The summed E-state index contributed by atoms with van der Waals surface area (Å²) in [5.74, 6) is 1.77. The molecule has 0 saturated heterocycles. The van der Waals surface area contributed by atoms with Crippen molar-refractivity contribution < 1.29 is 160 Å². The number of rotatable bonds is 24. The molecule has 148 heavy (non-hydrogen) atoms. The van der Waals surface area contributed by atoms with Gasteiger partial charge in [-0.3, -0.25) is 29.1 Å². The second kappa shape index (κ2) is 60.8. The van der Waals surface area contributed by atoms with Gasteiger partial charge in [0.15, 0.2) is 23.1 Å². The van der Waals surface area contributed by atoms with Gasteiger partial charge in [0.2, 0.25) is 0 Å². The van der Waals surface area contributed by atoms with E-state index >= 15 is 0 Å². The molecule has 26 nitrogen and oxygen atoms in total. The predicted octanol–water partition coefficient (Wildman–Crippen LogP) is 23.7. The van der Waals surface area contributed by atoms with E-state index < -0.39 is 0 Å². The molecule has 8 aromatic heterocycles. The second-order valence-electron chi connectivity index (χ2n) is 32.2. The summed E-state index contributed by atoms with van der Waals surface area (Å²) in [5, 5.41) is 84.3. The smallest absolute Gasteiger partial charge is 0.155 e. The molecule has 0 bridgehead atoms. The Morgan fingerprint density at radius 1 is 0.297 bits per heavy atom. The first-order valence-corrected chi connectivity index (χ1v) is 45.4. The molecule has 10 aromatic carbocycles. The first-order valence-electron chi connectivity index (χ1n) is 45.4. The molecule has 8 heterocycles. The van der Waals surface area contributed by atoms with Gasteiger partial charge in [-0.2, -0.15) is 0 Å². The van der Waals surface area contributed by atoms with Crippen molar-refractivity contribution in [3.05, 3.63) is 428 Å². The molecular formula is C118H110Ir4N10O16-4. The van der Waals surface area contributed by atoms with E-state index in [2.05, 4.69) is 152 Å². The number of carbonyl (C=O) groups excluding carboxylic acids is 4. The van der Waals surface area contributed by atoms with E-state index in [0.717, 1.165) is 157 Å². The molecule has 18 aromatic rings. The molecule has 0 aliphatic heterocycles. The molecule has 30 heteroatoms. The van der Waals surface area contributed by atoms with E-state index in [1.165, 1.54) is 79.7 Å². The third kappa shape index (κ3) is 33.5. The van der Waals surface area contributed by atoms with Crippen LogP contribution in [0, 0.1) is 24.3 Å². The Balaban J connectivity index is 0.000000243. The van der Waals surface area contributed by atoms with E-state index in [-0.39, 0.29) is 160 Å². The van der Waals surface area contributed by atoms with Gasteiger partial charge in [-0.1, -0.05) is 163 Å². The monoisotopic (exact) mass is 2690 g/mol. The maximum atomic E-state index is 10.0. The molecule has 0 unspecified atom stereocenters. The van der Waals surface area contributed by atoms with Crippen molar-refractivity contribution in [1.82, 2.24) is 39.0 Å². The Hall–Kier alpha value is -15.1. The summed E-state index contributed by atoms with van der Waals surface area (Å²) < 4.78 is 20.3. The number of aliphatic hydroxyl groups is 9. The van der Waals surface area contributed by atoms with E-state index in [1.54, 1.807) is 82.6 Å². The van der Waals surface area contributed by atoms with Crippen molar-refractivity contribution in [2.75, 3.05) is 31.1 Å². The maximum Gasteiger partial charge on any atom is 0.155 e. The summed E-state index contributed by atoms with van der Waals surface area (Å²) in [5.41, 5.74) is 23.7. The van der Waals surface area contributed by atoms with Crippen molar-refractivity contribution in [2.24, 2.45) is 0 Å². The zero-order valence-electron chi connectivity index (χ0n) is 82.7. The van der Waals surface area contributed by atoms with Crippen LogP contribution in [0.5, 0.6) is 17.2 Å². The molecule has 0 saturated carbocycles. The fourth-order valence-electron chi connectivity index (χ4n) is 15.3. The number of allylic oxidation sites excluding steroid dienone is 8. The number of aliphatic hydroxyl groups excluding tert-OH is 9. The number of fused-ring (bicyclic) bond motifs is 6. The standard InChI is InChI=1S/2C25H21N2O2.2C24H18N3O2.4C5H8O2.4Ir/c1-29-23-12-13-24(19(16-23)18-28)25-17-22(14-15-26-25)27(20-8-4-2-5-9-20)21-10-6-3-7-11-21;1-29-22-12-13-23(24-16-19(18-28)14-15-26-24)25(17-22)27(20-8-4-2-5-9-20)21-10-6-3-7-11-21;1-29-18-8-9-19(16(13-18)15-28)21-14-17(10-12-25-21)27-22-6-3-2-5-20(22)24-23(27)7-4-11-26-24;28-14-16-9-11-25-21(12-16)19-8-7-18(13-17(19)15-29)27-22-5-2-1-4-20(22)24-23(27)6-3-10-26-24;4*1-4(6)3-5(2)7;;;;/h2*2-12,14-17,28H,18H2,1H3;2-8,10-14,28H,15H2,1H3;1-7,9-13,28-29H,14-15H2;4*3,6H,1-2H3;;;;/q4*-1;;;;;;;;. The number of benzene rings is 10. The number of pyridine rings is 6. The molecule has 768 valence electrons. The summed E-state index contributed by atoms with van der Waals surface area (Å²) >= 11 is 0. The summed E-state index contributed by atoms with van der Waals surface area (Å²) in [7, 11) is 4.84. The molecule has 9 N–H and O–H groups in total. The number of hydrogen-bond donors (Lipinski definition) is 9. The van der Waals surface area contributed by atoms with E-state index in [4.69, 9.17) is 34.6 Å². The first kappa shape index (κ1) is 120. The second-order valence-corrected chi connectivity index (χ2v) is 32.2. The molecule has 0 aliphatic rings. The van der Waals surface area contributed by atoms with Crippen molar-refractivity contribution in [1.29, 1.82) is 0 Å². The van der Waals surface area contributed by atoms with Crippen LogP contribution >= 0.6 is 0 Å². The molecule has 4 radical (unpaired) electrons. The normalized spacial score (nSPS) is 10.7. The van der Waals surface area contributed by atoms with Crippen LogP contribution in [0.3, 0.4) is 0 Å². The van der Waals surface area contributed by atoms with E-state index in [1.807, 2.05) is 188 Å². The van der Waals surface area contributed by atoms with Crippen molar-refractivity contribution in [3.63, 3.8) is 0 Å². The third-order valence-corrected chi connectivity index (χ3v) is 21.2. The largest absolute Gasteiger partial charge is 0.540 e. The quantitative estimate of drug-likeness (QED) is 0.0154. The van der Waals surface area contributed by atoms with Crippen LogP contribution < -0.4 is 24.0 Å². The minimum Gasteiger partial charge on any atom is -0.540 e. The summed E-state index contributed by atoms with van der Waals surface area (Å²) in [4.78, 5) is 71.5. The van der Waals surface area contributed by atoms with Gasteiger partial charge in [-0.25, -0.2) is 0 Å². The molecule has 0 fully saturated rings. The van der Waals surface area contributed by atoms with Gasteiger partial charge in [0.05, 0.1) is 85.2 Å². The number of ketones is 4. The van der Waals surface area contributed by atoms with Crippen LogP contribution in [0.4, 0.5) is 34.1 Å². The van der Waals surface area contributed by atoms with Crippen LogP contribution in [-0.2, 0) is 133 Å². The number of para-hydroxylation sites is 6. The Morgan fingerprint density at radius 3 is 0.973 bits per heavy atom. The summed E-state index contributed by atoms with van der Waals surface area (Å²) in [6.07, 6.45) is 15.2. The van der Waals surface area contributed by atoms with Gasteiger partial charge in [-0.15, -0.1) is 82.4 Å². The number of hydrogen-bond acceptors (Lipinski definition) is 24. The Labute approximate surface area is 913 Å². The van der Waals surface area contributed by atoms with Gasteiger partial charge >= 0.3 is 0 Å². The first-order chi connectivity index (χ1) is 69.7. The Bertz CT molecular complexity index is 7230. The third-order valence-electron chi connectivity index (χ3n) is 21.2. The number of anilines is 6. The zero-order valence-corrected chi connectivity index (χ0v) is 92.3. The van der Waals surface area contributed by atoms with Crippen LogP contribution in [-0.4, -0.2) is 129 Å². The van der Waals surface area contributed by atoms with Crippen LogP contribution in [0.25, 0.3) is 100 Å². The molecule has 0 amide bonds. The minimum absolute atomic E-state index is 0. The number of nitrogens with zero attached hydrogens (tertiary/aromatic N) is 10. The van der Waals surface area contributed by atoms with Crippen LogP contribution in [0.15, 0.2) is 376 Å². The van der Waals surface area contributed by atoms with Gasteiger partial charge in [0.1, 0.15) is 0 Å². The van der Waals surface area contributed by atoms with Gasteiger partial charge in [0.25, 0.3) is 0 Å². The number of methoxy groups -OCH3 is 3. The topological polar surface area (TPSA) is 372 Å². The summed E-state index contributed by atoms with van der Waals surface area (Å²) in [6, 6.07) is 108. The average molecular weight is 2690 g/mol. The van der Waals surface area contributed by atoms with Crippen LogP contribution in [0.1, 0.15) is 83.2 Å². The summed E-state index contributed by atoms with van der Waals surface area (Å²) in [6.45, 7) is 10.9. The zero-order chi connectivity index (χ0) is 103. The SMILES string of the molecule is CC(=O)C=C(C)O.CC(=O)C=C(C)O.CC(=O)C=C(C)O.CC(=O)C=C(C)O.COc1c[c-]c(-c2cc(-n3c4ccccc4c4ncccc43)ccn2)c(CO)c1.COc1c[c-]c(-c2cc(CO)ccn2)c(N(c2ccccc2)c2ccccc2)c1.COc1c[c-]c(-c2cc(N(c3ccccc3)c3ccccc3)ccn2)c(CO)c1.OCc1ccnc(-c2[c-]cc(-n3c4ccccc4c4ncccc43)cc2CO)c1.[Ir].[Ir].[Ir].[Ir]. The van der Waals surface area contributed by atoms with E-state index in [0.29, 0.717) is 22.9 Å². The van der Waals surface area contributed by atoms with E-state index in [9.17, 15) is 44.7 Å². The van der Waals surface area contributed by atoms with Gasteiger partial charge in [0, 0.05) is 229 Å². The number of carbonyl (C=O) groups is 4. The molecule has 0 aliphatic carbocycles. The minimum atomic E-state index is -0.139. The van der Waals surface area contributed by atoms with Gasteiger partial charge < -0.3 is 99.0 Å². The average Bonchev–Trinajstić information content (AvgIpc) is 1.55. The van der Waals surface area contributed by atoms with Crippen molar-refractivity contribution >= 4 is 101 Å². The fraction of sp³-hybridized carbons (Fsp3) is 0.136. The number of aromatic nitrogens is 8. The molecule has 0 spiro atoms.